The second kappa shape index (κ2) is 14.3. The van der Waals surface area contributed by atoms with Gasteiger partial charge < -0.3 is 9.13 Å². The highest BCUT2D eigenvalue weighted by Crippen LogP contribution is 2.27. The van der Waals surface area contributed by atoms with Crippen LogP contribution in [0.4, 0.5) is 0 Å². The van der Waals surface area contributed by atoms with E-state index in [2.05, 4.69) is 13.8 Å². The molecule has 0 saturated carbocycles. The second-order valence-corrected chi connectivity index (χ2v) is 15.8. The van der Waals surface area contributed by atoms with Crippen LogP contribution in [0.5, 0.6) is 0 Å². The smallest absolute Gasteiger partial charge is 0.271 e. The van der Waals surface area contributed by atoms with Crippen molar-refractivity contribution in [2.24, 2.45) is 25.9 Å². The number of aromatic nitrogens is 6. The lowest BCUT2D eigenvalue weighted by atomic mass is 9.96. The predicted octanol–water partition coefficient (Wildman–Crippen LogP) is 7.72. The maximum absolute atomic E-state index is 14.5. The van der Waals surface area contributed by atoms with Crippen LogP contribution in [0, 0.1) is 11.8 Å². The van der Waals surface area contributed by atoms with Gasteiger partial charge in [0.15, 0.2) is 11.3 Å². The number of rotatable bonds is 8. The summed E-state index contributed by atoms with van der Waals surface area (Å²) in [7, 11) is 3.62. The molecule has 0 bridgehead atoms. The molecule has 4 aromatic heterocycles. The molecule has 0 amide bonds. The highest BCUT2D eigenvalue weighted by molar-refractivity contribution is 6.31. The fourth-order valence-electron chi connectivity index (χ4n) is 7.80. The normalized spacial score (nSPS) is 12.4. The second-order valence-electron chi connectivity index (χ2n) is 14.9. The molecule has 4 heterocycles. The molecule has 12 heteroatoms. The minimum absolute atomic E-state index is 0.00668. The van der Waals surface area contributed by atoms with Gasteiger partial charge in [-0.2, -0.15) is 0 Å². The summed E-state index contributed by atoms with van der Waals surface area (Å²) in [5.41, 5.74) is 2.13. The molecule has 282 valence electrons. The molecule has 0 spiro atoms. The third-order valence-electron chi connectivity index (χ3n) is 10.4. The van der Waals surface area contributed by atoms with E-state index in [1.807, 2.05) is 44.3 Å². The van der Waals surface area contributed by atoms with Crippen LogP contribution >= 0.6 is 23.2 Å². The fourth-order valence-corrected chi connectivity index (χ4v) is 8.18. The summed E-state index contributed by atoms with van der Waals surface area (Å²) < 4.78 is 6.60. The lowest BCUT2D eigenvalue weighted by molar-refractivity contribution is 0.548. The Morgan fingerprint density at radius 3 is 1.64 bits per heavy atom. The quantitative estimate of drug-likeness (QED) is 0.146. The summed E-state index contributed by atoms with van der Waals surface area (Å²) in [6.45, 7) is 6.14. The van der Waals surface area contributed by atoms with Crippen LogP contribution in [0.25, 0.3) is 55.2 Å². The largest absolute Gasteiger partial charge is 0.328 e. The first-order valence-corrected chi connectivity index (χ1v) is 19.2. The van der Waals surface area contributed by atoms with Gasteiger partial charge in [0.05, 0.1) is 22.4 Å². The van der Waals surface area contributed by atoms with Crippen molar-refractivity contribution in [3.05, 3.63) is 159 Å². The summed E-state index contributed by atoms with van der Waals surface area (Å²) in [5, 5.41) is 1.83. The number of hydrogen-bond acceptors (Lipinski definition) is 6. The van der Waals surface area contributed by atoms with Gasteiger partial charge in [0.2, 0.25) is 10.9 Å². The summed E-state index contributed by atoms with van der Waals surface area (Å²) in [6, 6.07) is 26.7. The summed E-state index contributed by atoms with van der Waals surface area (Å²) in [6.07, 6.45) is 1.28. The Balaban J connectivity index is 1.25. The van der Waals surface area contributed by atoms with Crippen molar-refractivity contribution in [3.63, 3.8) is 0 Å². The van der Waals surface area contributed by atoms with E-state index in [1.54, 1.807) is 76.8 Å². The lowest BCUT2D eigenvalue weighted by Gasteiger charge is -2.20. The topological polar surface area (TPSA) is 114 Å². The van der Waals surface area contributed by atoms with Gasteiger partial charge in [0, 0.05) is 47.8 Å². The molecule has 10 nitrogen and oxygen atoms in total. The van der Waals surface area contributed by atoms with Crippen molar-refractivity contribution in [1.82, 2.24) is 28.2 Å². The molecule has 0 radical (unpaired) electrons. The zero-order valence-electron chi connectivity index (χ0n) is 31.5. The molecule has 1 unspecified atom stereocenters. The Hall–Kier alpha value is -5.84. The SMILES string of the molecule is CC(C)Cc1nc2c(c(=O)c3ccccc3n2C)c(=O)n1-c1ccc(Cl)c(CC(C)Cc2nc3c(c(=O)c4ccccc4n3C)c(=O)n2-c2cccc(Cl)c2)c1. The fraction of sp³-hybridized carbons (Fsp3) is 0.227. The first kappa shape index (κ1) is 37.1. The van der Waals surface area contributed by atoms with E-state index in [0.29, 0.717) is 85.4 Å². The Morgan fingerprint density at radius 2 is 1.11 bits per heavy atom. The van der Waals surface area contributed by atoms with E-state index in [-0.39, 0.29) is 33.5 Å². The van der Waals surface area contributed by atoms with Crippen LogP contribution in [0.15, 0.2) is 110 Å². The first-order chi connectivity index (χ1) is 26.8. The van der Waals surface area contributed by atoms with Crippen molar-refractivity contribution < 1.29 is 0 Å². The number of aryl methyl sites for hydroxylation is 2. The summed E-state index contributed by atoms with van der Waals surface area (Å²) in [5.74, 6) is 1.02. The van der Waals surface area contributed by atoms with E-state index in [0.717, 1.165) is 5.56 Å². The Kier molecular flexibility index (Phi) is 9.50. The van der Waals surface area contributed by atoms with Gasteiger partial charge in [-0.15, -0.1) is 0 Å². The highest BCUT2D eigenvalue weighted by atomic mass is 35.5. The van der Waals surface area contributed by atoms with Crippen molar-refractivity contribution in [3.8, 4) is 11.4 Å². The molecule has 8 aromatic rings. The molecular weight excluding hydrogens is 747 g/mol. The third-order valence-corrected chi connectivity index (χ3v) is 11.0. The molecule has 1 atom stereocenters. The zero-order chi connectivity index (χ0) is 39.6. The van der Waals surface area contributed by atoms with Crippen LogP contribution in [-0.4, -0.2) is 28.2 Å². The standard InChI is InChI=1S/C44H38Cl2N6O4/c1-24(2)19-35-47-41-37(39(53)30-13-6-8-15-33(30)49(41)4)44(56)52(35)29-17-18-32(46)26(22-29)20-25(3)21-36-48-42-38(40(54)31-14-7-9-16-34(31)50(42)5)43(55)51(36)28-12-10-11-27(45)23-28/h6-18,22-25H,19-21H2,1-5H3. The maximum atomic E-state index is 14.5. The minimum Gasteiger partial charge on any atom is -0.328 e. The molecule has 0 aliphatic rings. The van der Waals surface area contributed by atoms with Gasteiger partial charge in [-0.05, 0) is 84.5 Å². The van der Waals surface area contributed by atoms with Crippen molar-refractivity contribution in [1.29, 1.82) is 0 Å². The molecule has 56 heavy (non-hydrogen) atoms. The number of para-hydroxylation sites is 2. The van der Waals surface area contributed by atoms with Crippen molar-refractivity contribution >= 4 is 67.1 Å². The lowest BCUT2D eigenvalue weighted by Crippen LogP contribution is -2.30. The van der Waals surface area contributed by atoms with Crippen molar-refractivity contribution in [2.75, 3.05) is 0 Å². The predicted molar refractivity (Wildman–Crippen MR) is 225 cm³/mol. The van der Waals surface area contributed by atoms with E-state index in [4.69, 9.17) is 33.2 Å². The number of halogens is 2. The van der Waals surface area contributed by atoms with Gasteiger partial charge in [0.25, 0.3) is 11.1 Å². The van der Waals surface area contributed by atoms with Gasteiger partial charge >= 0.3 is 0 Å². The highest BCUT2D eigenvalue weighted by Gasteiger charge is 2.23. The number of nitrogens with zero attached hydrogens (tertiary/aromatic N) is 6. The molecule has 0 aliphatic carbocycles. The average Bonchev–Trinajstić information content (AvgIpc) is 3.16. The minimum atomic E-state index is -0.481. The Bertz CT molecular complexity index is 3160. The molecule has 0 fully saturated rings. The molecule has 0 saturated heterocycles. The molecule has 0 aliphatic heterocycles. The number of hydrogen-bond donors (Lipinski definition) is 0. The number of benzene rings is 4. The zero-order valence-corrected chi connectivity index (χ0v) is 33.0. The van der Waals surface area contributed by atoms with E-state index in [1.165, 1.54) is 9.13 Å². The molecule has 4 aromatic carbocycles. The van der Waals surface area contributed by atoms with Crippen LogP contribution in [0.2, 0.25) is 10.0 Å². The van der Waals surface area contributed by atoms with Gasteiger partial charge in [-0.25, -0.2) is 9.97 Å². The van der Waals surface area contributed by atoms with E-state index < -0.39 is 11.1 Å². The number of fused-ring (bicyclic) bond motifs is 4. The molecule has 0 N–H and O–H groups in total. The van der Waals surface area contributed by atoms with Gasteiger partial charge in [0.1, 0.15) is 22.4 Å². The van der Waals surface area contributed by atoms with Crippen LogP contribution in [0.1, 0.15) is 38.0 Å². The average molecular weight is 786 g/mol. The monoisotopic (exact) mass is 784 g/mol. The summed E-state index contributed by atoms with van der Waals surface area (Å²) in [4.78, 5) is 66.5. The Morgan fingerprint density at radius 1 is 0.589 bits per heavy atom. The molecular formula is C44H38Cl2N6O4. The number of pyridine rings is 2. The van der Waals surface area contributed by atoms with Gasteiger partial charge in [-0.3, -0.25) is 28.3 Å². The van der Waals surface area contributed by atoms with E-state index in [9.17, 15) is 19.2 Å². The maximum Gasteiger partial charge on any atom is 0.271 e. The Labute approximate surface area is 330 Å². The van der Waals surface area contributed by atoms with Gasteiger partial charge in [-0.1, -0.05) is 74.3 Å². The third kappa shape index (κ3) is 6.23. The van der Waals surface area contributed by atoms with Crippen molar-refractivity contribution in [2.45, 2.75) is 40.0 Å². The van der Waals surface area contributed by atoms with E-state index >= 15 is 0 Å². The summed E-state index contributed by atoms with van der Waals surface area (Å²) >= 11 is 13.3. The molecule has 8 rings (SSSR count). The van der Waals surface area contributed by atoms with Crippen LogP contribution < -0.4 is 22.0 Å². The van der Waals surface area contributed by atoms with Crippen LogP contribution in [0.3, 0.4) is 0 Å². The van der Waals surface area contributed by atoms with Crippen LogP contribution in [-0.2, 0) is 33.4 Å². The first-order valence-electron chi connectivity index (χ1n) is 18.5.